The highest BCUT2D eigenvalue weighted by Gasteiger charge is 2.39. The molecule has 2 aliphatic rings. The first-order valence-corrected chi connectivity index (χ1v) is 12.1. The molecule has 0 amide bonds. The van der Waals surface area contributed by atoms with Gasteiger partial charge in [0.05, 0.1) is 19.3 Å². The Morgan fingerprint density at radius 3 is 2.78 bits per heavy atom. The Bertz CT molecular complexity index is 923. The normalized spacial score (nSPS) is 18.2. The number of aliphatic hydroxyl groups is 1. The molecular weight excluding hydrogens is 430 g/mol. The number of methoxy groups -OCH3 is 1. The molecule has 3 rings (SSSR count). The molecule has 8 heteroatoms. The van der Waals surface area contributed by atoms with E-state index in [9.17, 15) is 9.59 Å². The summed E-state index contributed by atoms with van der Waals surface area (Å²) in [7, 11) is 1.53. The molecular formula is C24H31NO6S. The van der Waals surface area contributed by atoms with Gasteiger partial charge >= 0.3 is 5.97 Å². The van der Waals surface area contributed by atoms with E-state index in [-0.39, 0.29) is 19.0 Å². The van der Waals surface area contributed by atoms with Crippen LogP contribution in [0, 0.1) is 0 Å². The van der Waals surface area contributed by atoms with E-state index < -0.39 is 11.9 Å². The van der Waals surface area contributed by atoms with E-state index in [1.165, 1.54) is 7.11 Å². The fourth-order valence-corrected chi connectivity index (χ4v) is 4.63. The lowest BCUT2D eigenvalue weighted by molar-refractivity contribution is -0.138. The molecule has 0 saturated carbocycles. The standard InChI is InChI=1S/C24H31NO6S/c1-4-32-13-12-31-24(28)21-15(2)25-17-6-5-7-18(27)23(17)22(21)16-8-9-19(30-11-10-26)20(14-16)29-3/h8-9,14,22,25-26H,4-7,10-13H2,1-3H3/t22-/m0/s1. The summed E-state index contributed by atoms with van der Waals surface area (Å²) in [5.41, 5.74) is 3.42. The number of nitrogens with one attached hydrogen (secondary N) is 1. The van der Waals surface area contributed by atoms with Gasteiger partial charge in [0.2, 0.25) is 0 Å². The van der Waals surface area contributed by atoms with E-state index in [1.807, 2.05) is 13.0 Å². The minimum absolute atomic E-state index is 0.0441. The lowest BCUT2D eigenvalue weighted by Gasteiger charge is -2.34. The van der Waals surface area contributed by atoms with Gasteiger partial charge in [-0.25, -0.2) is 4.79 Å². The molecule has 1 heterocycles. The number of carbonyl (C=O) groups excluding carboxylic acids is 2. The van der Waals surface area contributed by atoms with Crippen LogP contribution in [0.2, 0.25) is 0 Å². The number of thioether (sulfide) groups is 1. The Hall–Kier alpha value is -2.45. The van der Waals surface area contributed by atoms with Crippen LogP contribution in [-0.4, -0.2) is 55.3 Å². The van der Waals surface area contributed by atoms with Crippen molar-refractivity contribution in [1.29, 1.82) is 0 Å². The van der Waals surface area contributed by atoms with Crippen molar-refractivity contribution in [3.63, 3.8) is 0 Å². The Labute approximate surface area is 193 Å². The van der Waals surface area contributed by atoms with E-state index in [4.69, 9.17) is 19.3 Å². The van der Waals surface area contributed by atoms with Crippen molar-refractivity contribution >= 4 is 23.5 Å². The van der Waals surface area contributed by atoms with Crippen LogP contribution in [0.1, 0.15) is 44.6 Å². The summed E-state index contributed by atoms with van der Waals surface area (Å²) in [6.07, 6.45) is 2.01. The van der Waals surface area contributed by atoms with Crippen LogP contribution in [0.15, 0.2) is 40.7 Å². The summed E-state index contributed by atoms with van der Waals surface area (Å²) in [4.78, 5) is 26.1. The molecule has 0 spiro atoms. The smallest absolute Gasteiger partial charge is 0.336 e. The SMILES string of the molecule is CCSCCOC(=O)C1=C(C)NC2=C(C(=O)CCC2)[C@H]1c1ccc(OCCO)c(OC)c1. The summed E-state index contributed by atoms with van der Waals surface area (Å²) in [6.45, 7) is 4.26. The zero-order valence-electron chi connectivity index (χ0n) is 18.9. The monoisotopic (exact) mass is 461 g/mol. The minimum Gasteiger partial charge on any atom is -0.493 e. The van der Waals surface area contributed by atoms with Crippen LogP contribution >= 0.6 is 11.8 Å². The molecule has 1 aliphatic carbocycles. The molecule has 1 aromatic carbocycles. The van der Waals surface area contributed by atoms with E-state index >= 15 is 0 Å². The minimum atomic E-state index is -0.536. The van der Waals surface area contributed by atoms with Crippen molar-refractivity contribution in [3.05, 3.63) is 46.3 Å². The van der Waals surface area contributed by atoms with Crippen molar-refractivity contribution in [2.75, 3.05) is 38.4 Å². The summed E-state index contributed by atoms with van der Waals surface area (Å²) >= 11 is 1.71. The topological polar surface area (TPSA) is 94.1 Å². The Morgan fingerprint density at radius 1 is 1.25 bits per heavy atom. The highest BCUT2D eigenvalue weighted by Crippen LogP contribution is 2.44. The summed E-state index contributed by atoms with van der Waals surface area (Å²) < 4.78 is 16.6. The zero-order chi connectivity index (χ0) is 23.1. The average molecular weight is 462 g/mol. The summed E-state index contributed by atoms with van der Waals surface area (Å²) in [6, 6.07) is 5.38. The quantitative estimate of drug-likeness (QED) is 0.405. The Balaban J connectivity index is 2.01. The third-order valence-electron chi connectivity index (χ3n) is 5.53. The van der Waals surface area contributed by atoms with Gasteiger partial charge in [-0.2, -0.15) is 11.8 Å². The van der Waals surface area contributed by atoms with Crippen molar-refractivity contribution in [2.24, 2.45) is 0 Å². The zero-order valence-corrected chi connectivity index (χ0v) is 19.7. The number of ether oxygens (including phenoxy) is 3. The summed E-state index contributed by atoms with van der Waals surface area (Å²) in [5, 5.41) is 12.4. The lowest BCUT2D eigenvalue weighted by atomic mass is 9.75. The van der Waals surface area contributed by atoms with Crippen molar-refractivity contribution in [1.82, 2.24) is 5.32 Å². The molecule has 2 N–H and O–H groups in total. The second kappa shape index (κ2) is 11.4. The molecule has 7 nitrogen and oxygen atoms in total. The van der Waals surface area contributed by atoms with E-state index in [0.29, 0.717) is 41.4 Å². The third-order valence-corrected chi connectivity index (χ3v) is 6.39. The van der Waals surface area contributed by atoms with Crippen LogP contribution in [0.3, 0.4) is 0 Å². The number of dihydropyridines is 1. The number of ketones is 1. The van der Waals surface area contributed by atoms with E-state index in [2.05, 4.69) is 12.2 Å². The van der Waals surface area contributed by atoms with Crippen molar-refractivity contribution in [3.8, 4) is 11.5 Å². The van der Waals surface area contributed by atoms with Gasteiger partial charge in [-0.05, 0) is 43.2 Å². The molecule has 32 heavy (non-hydrogen) atoms. The second-order valence-electron chi connectivity index (χ2n) is 7.58. The molecule has 1 aliphatic heterocycles. The molecule has 0 aromatic heterocycles. The fourth-order valence-electron chi connectivity index (χ4n) is 4.14. The first kappa shape index (κ1) is 24.2. The lowest BCUT2D eigenvalue weighted by Crippen LogP contribution is -2.34. The van der Waals surface area contributed by atoms with Crippen LogP contribution in [0.25, 0.3) is 0 Å². The molecule has 1 atom stereocenters. The van der Waals surface area contributed by atoms with Gasteiger partial charge in [0.1, 0.15) is 13.2 Å². The summed E-state index contributed by atoms with van der Waals surface area (Å²) in [5.74, 6) is 1.74. The van der Waals surface area contributed by atoms with E-state index in [1.54, 1.807) is 23.9 Å². The number of hydrogen-bond acceptors (Lipinski definition) is 8. The number of hydrogen-bond donors (Lipinski definition) is 2. The van der Waals surface area contributed by atoms with Gasteiger partial charge in [-0.15, -0.1) is 0 Å². The highest BCUT2D eigenvalue weighted by molar-refractivity contribution is 7.99. The average Bonchev–Trinajstić information content (AvgIpc) is 2.79. The van der Waals surface area contributed by atoms with Crippen molar-refractivity contribution < 1.29 is 28.9 Å². The molecule has 174 valence electrons. The number of Topliss-reactive ketones (excluding diaryl/α,β-unsaturated/α-hetero) is 1. The van der Waals surface area contributed by atoms with Gasteiger partial charge in [0.15, 0.2) is 17.3 Å². The van der Waals surface area contributed by atoms with Crippen LogP contribution in [-0.2, 0) is 14.3 Å². The fraction of sp³-hybridized carbons (Fsp3) is 0.500. The maximum atomic E-state index is 13.2. The number of benzene rings is 1. The number of allylic oxidation sites excluding steroid dienone is 3. The second-order valence-corrected chi connectivity index (χ2v) is 8.97. The van der Waals surface area contributed by atoms with Crippen molar-refractivity contribution in [2.45, 2.75) is 39.0 Å². The first-order chi connectivity index (χ1) is 15.5. The Morgan fingerprint density at radius 2 is 2.06 bits per heavy atom. The molecule has 0 unspecified atom stereocenters. The maximum absolute atomic E-state index is 13.2. The molecule has 1 aromatic rings. The van der Waals surface area contributed by atoms with Gasteiger partial charge in [-0.1, -0.05) is 13.0 Å². The Kier molecular flexibility index (Phi) is 8.64. The van der Waals surface area contributed by atoms with Gasteiger partial charge in [0.25, 0.3) is 0 Å². The van der Waals surface area contributed by atoms with Crippen LogP contribution < -0.4 is 14.8 Å². The van der Waals surface area contributed by atoms with Gasteiger partial charge < -0.3 is 24.6 Å². The predicted octanol–water partition coefficient (Wildman–Crippen LogP) is 3.33. The molecule has 0 bridgehead atoms. The van der Waals surface area contributed by atoms with Gasteiger partial charge in [-0.3, -0.25) is 4.79 Å². The number of rotatable bonds is 10. The number of esters is 1. The number of carbonyl (C=O) groups is 2. The molecule has 0 saturated heterocycles. The van der Waals surface area contributed by atoms with Gasteiger partial charge in [0, 0.05) is 35.1 Å². The molecule has 0 radical (unpaired) electrons. The van der Waals surface area contributed by atoms with E-state index in [0.717, 1.165) is 35.6 Å². The third kappa shape index (κ3) is 5.30. The largest absolute Gasteiger partial charge is 0.493 e. The molecule has 0 fully saturated rings. The predicted molar refractivity (Wildman–Crippen MR) is 124 cm³/mol. The maximum Gasteiger partial charge on any atom is 0.336 e. The first-order valence-electron chi connectivity index (χ1n) is 10.9. The van der Waals surface area contributed by atoms with Crippen LogP contribution in [0.4, 0.5) is 0 Å². The van der Waals surface area contributed by atoms with Crippen LogP contribution in [0.5, 0.6) is 11.5 Å². The number of aliphatic hydroxyl groups excluding tert-OH is 1. The highest BCUT2D eigenvalue weighted by atomic mass is 32.2.